The molecule has 1 aromatic carbocycles. The molecule has 0 saturated carbocycles. The van der Waals surface area contributed by atoms with Crippen molar-refractivity contribution < 1.29 is 4.79 Å². The number of nitrogens with two attached hydrogens (primary N) is 1. The molecule has 0 bridgehead atoms. The van der Waals surface area contributed by atoms with Crippen LogP contribution in [0.25, 0.3) is 11.4 Å². The number of rotatable bonds is 4. The predicted molar refractivity (Wildman–Crippen MR) is 78.0 cm³/mol. The summed E-state index contributed by atoms with van der Waals surface area (Å²) in [4.78, 5) is 16.4. The molecule has 1 aromatic heterocycles. The van der Waals surface area contributed by atoms with Crippen molar-refractivity contribution in [1.29, 1.82) is 0 Å². The molecule has 2 rings (SSSR count). The van der Waals surface area contributed by atoms with E-state index in [2.05, 4.69) is 20.5 Å². The highest BCUT2D eigenvalue weighted by molar-refractivity contribution is 5.95. The summed E-state index contributed by atoms with van der Waals surface area (Å²) in [7, 11) is 0. The third-order valence-corrected chi connectivity index (χ3v) is 3.10. The first-order chi connectivity index (χ1) is 9.42. The maximum Gasteiger partial charge on any atom is 0.231 e. The zero-order chi connectivity index (χ0) is 14.8. The van der Waals surface area contributed by atoms with Gasteiger partial charge in [-0.15, -0.1) is 0 Å². The molecule has 0 spiro atoms. The molecule has 0 atom stereocenters. The minimum absolute atomic E-state index is 0.108. The average molecular weight is 273 g/mol. The first kappa shape index (κ1) is 14.2. The Balaban J connectivity index is 2.21. The molecule has 0 aliphatic rings. The lowest BCUT2D eigenvalue weighted by Crippen LogP contribution is -2.37. The van der Waals surface area contributed by atoms with E-state index in [1.165, 1.54) is 0 Å². The van der Waals surface area contributed by atoms with E-state index in [0.29, 0.717) is 18.1 Å². The van der Waals surface area contributed by atoms with Crippen LogP contribution in [0, 0.1) is 12.3 Å². The topological polar surface area (TPSA) is 96.7 Å². The SMILES string of the molecule is Cc1nc(-c2cccc(NC(=O)C(C)(C)CN)c2)n[nH]1. The van der Waals surface area contributed by atoms with Crippen LogP contribution in [0.2, 0.25) is 0 Å². The number of nitrogens with one attached hydrogen (secondary N) is 2. The summed E-state index contributed by atoms with van der Waals surface area (Å²) in [5, 5.41) is 9.76. The minimum Gasteiger partial charge on any atom is -0.329 e. The van der Waals surface area contributed by atoms with E-state index >= 15 is 0 Å². The number of nitrogens with zero attached hydrogens (tertiary/aromatic N) is 2. The van der Waals surface area contributed by atoms with Crippen molar-refractivity contribution in [1.82, 2.24) is 15.2 Å². The van der Waals surface area contributed by atoms with Gasteiger partial charge in [0.25, 0.3) is 0 Å². The standard InChI is InChI=1S/C14H19N5O/c1-9-16-12(19-18-9)10-5-4-6-11(7-10)17-13(20)14(2,3)8-15/h4-7H,8,15H2,1-3H3,(H,17,20)(H,16,18,19). The van der Waals surface area contributed by atoms with E-state index in [9.17, 15) is 4.79 Å². The van der Waals surface area contributed by atoms with Crippen LogP contribution in [0.3, 0.4) is 0 Å². The highest BCUT2D eigenvalue weighted by atomic mass is 16.2. The van der Waals surface area contributed by atoms with Gasteiger partial charge in [-0.05, 0) is 32.9 Å². The molecular formula is C14H19N5O. The van der Waals surface area contributed by atoms with Gasteiger partial charge in [0, 0.05) is 17.8 Å². The van der Waals surface area contributed by atoms with E-state index in [4.69, 9.17) is 5.73 Å². The van der Waals surface area contributed by atoms with Gasteiger partial charge in [-0.3, -0.25) is 9.89 Å². The van der Waals surface area contributed by atoms with Crippen LogP contribution >= 0.6 is 0 Å². The second kappa shape index (κ2) is 5.42. The maximum atomic E-state index is 12.1. The van der Waals surface area contributed by atoms with Crippen molar-refractivity contribution in [3.8, 4) is 11.4 Å². The van der Waals surface area contributed by atoms with Crippen LogP contribution in [-0.2, 0) is 4.79 Å². The molecule has 0 aliphatic heterocycles. The summed E-state index contributed by atoms with van der Waals surface area (Å²) in [6.07, 6.45) is 0. The second-order valence-electron chi connectivity index (χ2n) is 5.37. The van der Waals surface area contributed by atoms with Gasteiger partial charge < -0.3 is 11.1 Å². The number of carbonyl (C=O) groups is 1. The fourth-order valence-electron chi connectivity index (χ4n) is 1.60. The number of aromatic nitrogens is 3. The molecular weight excluding hydrogens is 254 g/mol. The predicted octanol–water partition coefficient (Wildman–Crippen LogP) is 1.70. The Morgan fingerprint density at radius 1 is 1.45 bits per heavy atom. The number of H-pyrrole nitrogens is 1. The fraction of sp³-hybridized carbons (Fsp3) is 0.357. The number of anilines is 1. The summed E-state index contributed by atoms with van der Waals surface area (Å²) < 4.78 is 0. The van der Waals surface area contributed by atoms with Gasteiger partial charge >= 0.3 is 0 Å². The first-order valence-corrected chi connectivity index (χ1v) is 6.43. The number of aromatic amines is 1. The van der Waals surface area contributed by atoms with Crippen molar-refractivity contribution >= 4 is 11.6 Å². The van der Waals surface area contributed by atoms with Crippen LogP contribution in [0.1, 0.15) is 19.7 Å². The molecule has 6 heteroatoms. The van der Waals surface area contributed by atoms with Crippen LogP contribution in [0.5, 0.6) is 0 Å². The Morgan fingerprint density at radius 3 is 2.80 bits per heavy atom. The van der Waals surface area contributed by atoms with Gasteiger partial charge in [-0.25, -0.2) is 4.98 Å². The molecule has 106 valence electrons. The van der Waals surface area contributed by atoms with Gasteiger partial charge in [0.1, 0.15) is 5.82 Å². The zero-order valence-corrected chi connectivity index (χ0v) is 11.9. The lowest BCUT2D eigenvalue weighted by molar-refractivity contribution is -0.123. The quantitative estimate of drug-likeness (QED) is 0.790. The van der Waals surface area contributed by atoms with Crippen molar-refractivity contribution in [2.24, 2.45) is 11.1 Å². The Kier molecular flexibility index (Phi) is 3.85. The smallest absolute Gasteiger partial charge is 0.231 e. The molecule has 6 nitrogen and oxygen atoms in total. The number of hydrogen-bond acceptors (Lipinski definition) is 4. The Bertz CT molecular complexity index is 618. The molecule has 1 amide bonds. The van der Waals surface area contributed by atoms with Gasteiger partial charge in [0.05, 0.1) is 5.41 Å². The average Bonchev–Trinajstić information content (AvgIpc) is 2.85. The Labute approximate surface area is 117 Å². The van der Waals surface area contributed by atoms with E-state index in [-0.39, 0.29) is 5.91 Å². The molecule has 1 heterocycles. The second-order valence-corrected chi connectivity index (χ2v) is 5.37. The van der Waals surface area contributed by atoms with Crippen molar-refractivity contribution in [2.75, 3.05) is 11.9 Å². The van der Waals surface area contributed by atoms with Crippen LogP contribution < -0.4 is 11.1 Å². The van der Waals surface area contributed by atoms with Crippen LogP contribution in [-0.4, -0.2) is 27.6 Å². The lowest BCUT2D eigenvalue weighted by atomic mass is 9.92. The minimum atomic E-state index is -0.600. The van der Waals surface area contributed by atoms with Gasteiger partial charge in [0.2, 0.25) is 5.91 Å². The molecule has 2 aromatic rings. The fourth-order valence-corrected chi connectivity index (χ4v) is 1.60. The Hall–Kier alpha value is -2.21. The summed E-state index contributed by atoms with van der Waals surface area (Å²) in [5.41, 5.74) is 6.55. The summed E-state index contributed by atoms with van der Waals surface area (Å²) in [5.74, 6) is 1.25. The van der Waals surface area contributed by atoms with Crippen molar-refractivity contribution in [3.05, 3.63) is 30.1 Å². The van der Waals surface area contributed by atoms with Gasteiger partial charge in [-0.1, -0.05) is 12.1 Å². The maximum absolute atomic E-state index is 12.1. The molecule has 0 radical (unpaired) electrons. The van der Waals surface area contributed by atoms with Crippen molar-refractivity contribution in [2.45, 2.75) is 20.8 Å². The number of amides is 1. The third kappa shape index (κ3) is 3.03. The van der Waals surface area contributed by atoms with Crippen LogP contribution in [0.15, 0.2) is 24.3 Å². The molecule has 0 saturated heterocycles. The highest BCUT2D eigenvalue weighted by Crippen LogP contribution is 2.21. The van der Waals surface area contributed by atoms with E-state index < -0.39 is 5.41 Å². The summed E-state index contributed by atoms with van der Waals surface area (Å²) in [6.45, 7) is 5.75. The van der Waals surface area contributed by atoms with E-state index in [1.807, 2.05) is 45.0 Å². The normalized spacial score (nSPS) is 11.4. The number of hydrogen-bond donors (Lipinski definition) is 3. The molecule has 0 fully saturated rings. The third-order valence-electron chi connectivity index (χ3n) is 3.10. The zero-order valence-electron chi connectivity index (χ0n) is 11.9. The summed E-state index contributed by atoms with van der Waals surface area (Å²) >= 11 is 0. The number of aryl methyl sites for hydroxylation is 1. The highest BCUT2D eigenvalue weighted by Gasteiger charge is 2.25. The molecule has 0 unspecified atom stereocenters. The molecule has 4 N–H and O–H groups in total. The van der Waals surface area contributed by atoms with E-state index in [1.54, 1.807) is 0 Å². The first-order valence-electron chi connectivity index (χ1n) is 6.43. The Morgan fingerprint density at radius 2 is 2.20 bits per heavy atom. The van der Waals surface area contributed by atoms with E-state index in [0.717, 1.165) is 11.4 Å². The number of benzene rings is 1. The molecule has 0 aliphatic carbocycles. The van der Waals surface area contributed by atoms with Crippen molar-refractivity contribution in [3.63, 3.8) is 0 Å². The van der Waals surface area contributed by atoms with Gasteiger partial charge in [-0.2, -0.15) is 5.10 Å². The lowest BCUT2D eigenvalue weighted by Gasteiger charge is -2.21. The molecule has 20 heavy (non-hydrogen) atoms. The monoisotopic (exact) mass is 273 g/mol. The largest absolute Gasteiger partial charge is 0.329 e. The van der Waals surface area contributed by atoms with Gasteiger partial charge in [0.15, 0.2) is 5.82 Å². The van der Waals surface area contributed by atoms with Crippen LogP contribution in [0.4, 0.5) is 5.69 Å². The summed E-state index contributed by atoms with van der Waals surface area (Å²) in [6, 6.07) is 7.42. The number of carbonyl (C=O) groups excluding carboxylic acids is 1.